The zero-order valence-electron chi connectivity index (χ0n) is 16.3. The number of carbonyl (C=O) groups is 2. The summed E-state index contributed by atoms with van der Waals surface area (Å²) in [6.07, 6.45) is 3.79. The van der Waals surface area contributed by atoms with E-state index in [-0.39, 0.29) is 18.6 Å². The van der Waals surface area contributed by atoms with Crippen molar-refractivity contribution in [1.82, 2.24) is 14.8 Å². The predicted octanol–water partition coefficient (Wildman–Crippen LogP) is 2.62. The fraction of sp³-hybridized carbons (Fsp3) is 0.476. The van der Waals surface area contributed by atoms with Crippen molar-refractivity contribution in [2.45, 2.75) is 25.7 Å². The molecule has 1 aliphatic heterocycles. The summed E-state index contributed by atoms with van der Waals surface area (Å²) in [5.41, 5.74) is 8.93. The lowest BCUT2D eigenvalue weighted by molar-refractivity contribution is 0.0566. The van der Waals surface area contributed by atoms with Gasteiger partial charge in [0.25, 0.3) is 5.91 Å². The van der Waals surface area contributed by atoms with Crippen molar-refractivity contribution < 1.29 is 14.3 Å². The first-order chi connectivity index (χ1) is 14.1. The monoisotopic (exact) mass is 416 g/mol. The highest BCUT2D eigenvalue weighted by Gasteiger charge is 2.26. The second kappa shape index (κ2) is 8.55. The van der Waals surface area contributed by atoms with Gasteiger partial charge in [-0.1, -0.05) is 17.7 Å². The Morgan fingerprint density at radius 2 is 1.83 bits per heavy atom. The molecule has 154 valence electrons. The number of pyridine rings is 1. The van der Waals surface area contributed by atoms with Crippen molar-refractivity contribution in [3.8, 4) is 0 Å². The fourth-order valence-electron chi connectivity index (χ4n) is 4.01. The van der Waals surface area contributed by atoms with E-state index in [1.54, 1.807) is 9.80 Å². The van der Waals surface area contributed by atoms with Gasteiger partial charge in [-0.15, -0.1) is 0 Å². The van der Waals surface area contributed by atoms with Crippen LogP contribution >= 0.6 is 11.6 Å². The Morgan fingerprint density at radius 1 is 1.10 bits per heavy atom. The van der Waals surface area contributed by atoms with Crippen molar-refractivity contribution in [2.75, 3.05) is 39.3 Å². The van der Waals surface area contributed by atoms with Crippen LogP contribution in [0.5, 0.6) is 0 Å². The lowest BCUT2D eigenvalue weighted by Crippen LogP contribution is -2.50. The number of aryl methyl sites for hydroxylation is 1. The molecule has 1 aromatic heterocycles. The standard InChI is InChI=1S/C21H25ClN4O3/c22-19-15-3-1-2-4-17(15)24-18-13-14(5-6-16(18)19)20(27)25-8-10-26(11-9-25)21(28)29-12-7-23/h5-6,13H,1-4,7-12,23H2. The number of nitrogens with two attached hydrogens (primary N) is 1. The largest absolute Gasteiger partial charge is 0.448 e. The van der Waals surface area contributed by atoms with E-state index >= 15 is 0 Å². The van der Waals surface area contributed by atoms with Gasteiger partial charge >= 0.3 is 6.09 Å². The summed E-state index contributed by atoms with van der Waals surface area (Å²) in [5.74, 6) is -0.0579. The molecule has 1 saturated heterocycles. The van der Waals surface area contributed by atoms with Crippen LogP contribution in [0.4, 0.5) is 4.79 Å². The number of ether oxygens (including phenoxy) is 1. The third kappa shape index (κ3) is 4.02. The van der Waals surface area contributed by atoms with Crippen molar-refractivity contribution in [2.24, 2.45) is 5.73 Å². The molecule has 0 atom stereocenters. The highest BCUT2D eigenvalue weighted by atomic mass is 35.5. The molecule has 1 fully saturated rings. The Hall–Kier alpha value is -2.38. The molecule has 1 aromatic carbocycles. The van der Waals surface area contributed by atoms with Gasteiger partial charge in [-0.25, -0.2) is 4.79 Å². The highest BCUT2D eigenvalue weighted by molar-refractivity contribution is 6.36. The van der Waals surface area contributed by atoms with Crippen LogP contribution < -0.4 is 5.73 Å². The molecule has 2 aromatic rings. The Labute approximate surface area is 174 Å². The first-order valence-electron chi connectivity index (χ1n) is 10.1. The van der Waals surface area contributed by atoms with Gasteiger partial charge in [0.1, 0.15) is 6.61 Å². The van der Waals surface area contributed by atoms with Gasteiger partial charge in [0, 0.05) is 49.4 Å². The second-order valence-electron chi connectivity index (χ2n) is 7.47. The molecule has 0 spiro atoms. The number of nitrogens with zero attached hydrogens (tertiary/aromatic N) is 3. The minimum Gasteiger partial charge on any atom is -0.448 e. The summed E-state index contributed by atoms with van der Waals surface area (Å²) in [5, 5.41) is 1.67. The number of fused-ring (bicyclic) bond motifs is 2. The quantitative estimate of drug-likeness (QED) is 0.830. The van der Waals surface area contributed by atoms with Gasteiger partial charge in [0.2, 0.25) is 0 Å². The van der Waals surface area contributed by atoms with Gasteiger partial charge < -0.3 is 20.3 Å². The van der Waals surface area contributed by atoms with E-state index < -0.39 is 0 Å². The maximum absolute atomic E-state index is 13.0. The van der Waals surface area contributed by atoms with E-state index in [4.69, 9.17) is 27.1 Å². The molecule has 2 heterocycles. The van der Waals surface area contributed by atoms with E-state index in [1.807, 2.05) is 18.2 Å². The number of carbonyl (C=O) groups excluding carboxylic acids is 2. The summed E-state index contributed by atoms with van der Waals surface area (Å²) in [7, 11) is 0. The molecule has 7 nitrogen and oxygen atoms in total. The fourth-order valence-corrected chi connectivity index (χ4v) is 4.38. The van der Waals surface area contributed by atoms with Crippen LogP contribution in [0.1, 0.15) is 34.5 Å². The van der Waals surface area contributed by atoms with Crippen molar-refractivity contribution in [1.29, 1.82) is 0 Å². The van der Waals surface area contributed by atoms with E-state index in [0.29, 0.717) is 38.3 Å². The molecular weight excluding hydrogens is 392 g/mol. The Balaban J connectivity index is 1.49. The minimum absolute atomic E-state index is 0.0579. The summed E-state index contributed by atoms with van der Waals surface area (Å²) >= 11 is 6.63. The van der Waals surface area contributed by atoms with E-state index in [1.165, 1.54) is 0 Å². The zero-order valence-corrected chi connectivity index (χ0v) is 17.1. The predicted molar refractivity (Wildman–Crippen MR) is 111 cm³/mol. The lowest BCUT2D eigenvalue weighted by Gasteiger charge is -2.34. The summed E-state index contributed by atoms with van der Waals surface area (Å²) in [4.78, 5) is 33.1. The number of piperazine rings is 1. The number of halogens is 1. The maximum atomic E-state index is 13.0. The molecule has 0 radical (unpaired) electrons. The zero-order chi connectivity index (χ0) is 20.4. The molecule has 2 N–H and O–H groups in total. The third-order valence-electron chi connectivity index (χ3n) is 5.61. The number of aromatic nitrogens is 1. The van der Waals surface area contributed by atoms with Crippen LogP contribution in [0.15, 0.2) is 18.2 Å². The topological polar surface area (TPSA) is 88.8 Å². The minimum atomic E-state index is -0.378. The second-order valence-corrected chi connectivity index (χ2v) is 7.85. The number of hydrogen-bond acceptors (Lipinski definition) is 5. The van der Waals surface area contributed by atoms with Gasteiger partial charge in [-0.2, -0.15) is 0 Å². The van der Waals surface area contributed by atoms with Gasteiger partial charge in [-0.3, -0.25) is 9.78 Å². The average molecular weight is 417 g/mol. The Bertz CT molecular complexity index is 941. The van der Waals surface area contributed by atoms with Crippen molar-refractivity contribution in [3.63, 3.8) is 0 Å². The van der Waals surface area contributed by atoms with Gasteiger partial charge in [-0.05, 0) is 43.4 Å². The molecule has 2 aliphatic rings. The van der Waals surface area contributed by atoms with Gasteiger partial charge in [0.05, 0.1) is 10.5 Å². The molecule has 0 bridgehead atoms. The number of benzene rings is 1. The molecular formula is C21H25ClN4O3. The third-order valence-corrected chi connectivity index (χ3v) is 6.04. The molecule has 29 heavy (non-hydrogen) atoms. The molecule has 4 rings (SSSR count). The van der Waals surface area contributed by atoms with Crippen LogP contribution in [-0.4, -0.2) is 66.1 Å². The van der Waals surface area contributed by atoms with Crippen LogP contribution in [0.25, 0.3) is 10.9 Å². The Morgan fingerprint density at radius 3 is 2.59 bits per heavy atom. The smallest absolute Gasteiger partial charge is 0.409 e. The molecule has 0 saturated carbocycles. The van der Waals surface area contributed by atoms with E-state index in [2.05, 4.69) is 0 Å². The van der Waals surface area contributed by atoms with Crippen LogP contribution in [0.3, 0.4) is 0 Å². The lowest BCUT2D eigenvalue weighted by atomic mass is 9.94. The summed E-state index contributed by atoms with van der Waals surface area (Å²) in [6, 6.07) is 5.54. The van der Waals surface area contributed by atoms with Crippen LogP contribution in [-0.2, 0) is 17.6 Å². The Kier molecular flexibility index (Phi) is 5.87. The first kappa shape index (κ1) is 19.9. The van der Waals surface area contributed by atoms with Crippen molar-refractivity contribution in [3.05, 3.63) is 40.0 Å². The molecule has 1 aliphatic carbocycles. The van der Waals surface area contributed by atoms with E-state index in [9.17, 15) is 9.59 Å². The molecule has 2 amide bonds. The SMILES string of the molecule is NCCOC(=O)N1CCN(C(=O)c2ccc3c(Cl)c4c(nc3c2)CCCC4)CC1. The van der Waals surface area contributed by atoms with Crippen molar-refractivity contribution >= 4 is 34.5 Å². The molecule has 8 heteroatoms. The summed E-state index contributed by atoms with van der Waals surface area (Å²) in [6.45, 7) is 2.32. The highest BCUT2D eigenvalue weighted by Crippen LogP contribution is 2.33. The van der Waals surface area contributed by atoms with Crippen LogP contribution in [0, 0.1) is 0 Å². The maximum Gasteiger partial charge on any atom is 0.409 e. The number of amides is 2. The average Bonchev–Trinajstić information content (AvgIpc) is 2.77. The first-order valence-corrected chi connectivity index (χ1v) is 10.5. The van der Waals surface area contributed by atoms with Gasteiger partial charge in [0.15, 0.2) is 0 Å². The van der Waals surface area contributed by atoms with Crippen LogP contribution in [0.2, 0.25) is 5.02 Å². The number of rotatable bonds is 3. The summed E-state index contributed by atoms with van der Waals surface area (Å²) < 4.78 is 5.05. The molecule has 0 unspecified atom stereocenters. The normalized spacial score (nSPS) is 16.6. The number of hydrogen-bond donors (Lipinski definition) is 1. The van der Waals surface area contributed by atoms with E-state index in [0.717, 1.165) is 52.9 Å².